The first-order chi connectivity index (χ1) is 13.2. The highest BCUT2D eigenvalue weighted by Crippen LogP contribution is 2.32. The van der Waals surface area contributed by atoms with Gasteiger partial charge in [0.05, 0.1) is 0 Å². The molecule has 5 nitrogen and oxygen atoms in total. The molecule has 1 aromatic carbocycles. The zero-order valence-corrected chi connectivity index (χ0v) is 16.2. The lowest BCUT2D eigenvalue weighted by Crippen LogP contribution is -2.39. The van der Waals surface area contributed by atoms with Crippen LogP contribution in [0.3, 0.4) is 0 Å². The van der Waals surface area contributed by atoms with Crippen LogP contribution in [0.2, 0.25) is 0 Å². The van der Waals surface area contributed by atoms with Gasteiger partial charge in [0.2, 0.25) is 5.91 Å². The molecule has 0 radical (unpaired) electrons. The van der Waals surface area contributed by atoms with Crippen molar-refractivity contribution in [2.75, 3.05) is 25.0 Å². The summed E-state index contributed by atoms with van der Waals surface area (Å²) in [6.07, 6.45) is 7.65. The maximum Gasteiger partial charge on any atom is 0.224 e. The maximum atomic E-state index is 12.5. The Morgan fingerprint density at radius 1 is 1.11 bits per heavy atom. The van der Waals surface area contributed by atoms with Crippen molar-refractivity contribution in [1.82, 2.24) is 10.2 Å². The molecule has 1 amide bonds. The molecule has 0 saturated carbocycles. The maximum absolute atomic E-state index is 12.5. The van der Waals surface area contributed by atoms with E-state index in [-0.39, 0.29) is 5.91 Å². The molecule has 1 aromatic rings. The number of nitrogens with one attached hydrogen (secondary N) is 2. The fraction of sp³-hybridized carbons (Fsp3) is 0.682. The Hall–Kier alpha value is -1.43. The molecule has 3 fully saturated rings. The van der Waals surface area contributed by atoms with Crippen molar-refractivity contribution in [2.24, 2.45) is 11.8 Å². The molecule has 2 bridgehead atoms. The quantitative estimate of drug-likeness (QED) is 0.719. The van der Waals surface area contributed by atoms with E-state index < -0.39 is 0 Å². The summed E-state index contributed by atoms with van der Waals surface area (Å²) in [6.45, 7) is 3.31. The van der Waals surface area contributed by atoms with E-state index in [4.69, 9.17) is 0 Å². The number of carbonyl (C=O) groups is 1. The first kappa shape index (κ1) is 18.9. The molecule has 2 atom stereocenters. The topological polar surface area (TPSA) is 64.6 Å². The molecule has 0 spiro atoms. The summed E-state index contributed by atoms with van der Waals surface area (Å²) in [5.74, 6) is 1.15. The number of piperidine rings is 2. The first-order valence-corrected chi connectivity index (χ1v) is 10.7. The SMILES string of the molecule is O=C(CC1CC2CCC(C1)N2)Nc1cccc(CN2CCC(CO)CC2)c1. The second-order valence-electron chi connectivity index (χ2n) is 8.83. The Morgan fingerprint density at radius 3 is 2.56 bits per heavy atom. The van der Waals surface area contributed by atoms with Crippen LogP contribution in [-0.2, 0) is 11.3 Å². The Kier molecular flexibility index (Phi) is 6.11. The van der Waals surface area contributed by atoms with Crippen LogP contribution in [0, 0.1) is 11.8 Å². The Balaban J connectivity index is 1.27. The highest BCUT2D eigenvalue weighted by atomic mass is 16.3. The first-order valence-electron chi connectivity index (χ1n) is 10.7. The van der Waals surface area contributed by atoms with Gasteiger partial charge in [0.1, 0.15) is 0 Å². The van der Waals surface area contributed by atoms with Crippen LogP contribution in [-0.4, -0.2) is 47.7 Å². The second kappa shape index (κ2) is 8.72. The fourth-order valence-corrected chi connectivity index (χ4v) is 5.15. The number of likely N-dealkylation sites (tertiary alicyclic amines) is 1. The zero-order chi connectivity index (χ0) is 18.6. The minimum absolute atomic E-state index is 0.155. The smallest absolute Gasteiger partial charge is 0.224 e. The number of hydrogen-bond donors (Lipinski definition) is 3. The third-order valence-corrected chi connectivity index (χ3v) is 6.63. The average Bonchev–Trinajstić information content (AvgIpc) is 3.01. The summed E-state index contributed by atoms with van der Waals surface area (Å²) in [4.78, 5) is 15.0. The van der Waals surface area contributed by atoms with E-state index in [1.807, 2.05) is 12.1 Å². The standard InChI is InChI=1S/C22H33N3O2/c26-15-16-6-8-25(9-7-16)14-17-2-1-3-19(10-17)24-22(27)13-18-11-20-4-5-21(12-18)23-20/h1-3,10,16,18,20-21,23,26H,4-9,11-15H2,(H,24,27). The van der Waals surface area contributed by atoms with Crippen LogP contribution in [0.4, 0.5) is 5.69 Å². The van der Waals surface area contributed by atoms with Crippen LogP contribution >= 0.6 is 0 Å². The summed E-state index contributed by atoms with van der Waals surface area (Å²) in [6, 6.07) is 9.56. The molecular weight excluding hydrogens is 338 g/mol. The average molecular weight is 372 g/mol. The number of fused-ring (bicyclic) bond motifs is 2. The molecule has 3 saturated heterocycles. The van der Waals surface area contributed by atoms with Gasteiger partial charge in [-0.15, -0.1) is 0 Å². The van der Waals surface area contributed by atoms with E-state index >= 15 is 0 Å². The Morgan fingerprint density at radius 2 is 1.85 bits per heavy atom. The molecule has 3 N–H and O–H groups in total. The zero-order valence-electron chi connectivity index (χ0n) is 16.2. The number of rotatable bonds is 6. The molecule has 3 heterocycles. The predicted octanol–water partition coefficient (Wildman–Crippen LogP) is 2.75. The van der Waals surface area contributed by atoms with E-state index in [2.05, 4.69) is 27.7 Å². The Bertz CT molecular complexity index is 630. The summed E-state index contributed by atoms with van der Waals surface area (Å²) < 4.78 is 0. The number of nitrogens with zero attached hydrogens (tertiary/aromatic N) is 1. The van der Waals surface area contributed by atoms with Gasteiger partial charge in [-0.1, -0.05) is 12.1 Å². The van der Waals surface area contributed by atoms with Crippen LogP contribution < -0.4 is 10.6 Å². The number of anilines is 1. The summed E-state index contributed by atoms with van der Waals surface area (Å²) in [5.41, 5.74) is 2.16. The highest BCUT2D eigenvalue weighted by molar-refractivity contribution is 5.90. The van der Waals surface area contributed by atoms with E-state index in [0.717, 1.165) is 51.0 Å². The molecule has 3 aliphatic rings. The number of amides is 1. The van der Waals surface area contributed by atoms with Gasteiger partial charge in [-0.3, -0.25) is 9.69 Å². The van der Waals surface area contributed by atoms with Crippen molar-refractivity contribution in [3.05, 3.63) is 29.8 Å². The van der Waals surface area contributed by atoms with Gasteiger partial charge < -0.3 is 15.7 Å². The van der Waals surface area contributed by atoms with Crippen molar-refractivity contribution in [2.45, 2.75) is 63.6 Å². The number of benzene rings is 1. The lowest BCUT2D eigenvalue weighted by molar-refractivity contribution is -0.117. The molecule has 0 aliphatic carbocycles. The van der Waals surface area contributed by atoms with Gasteiger partial charge in [0.25, 0.3) is 0 Å². The van der Waals surface area contributed by atoms with Crippen LogP contribution in [0.25, 0.3) is 0 Å². The molecule has 27 heavy (non-hydrogen) atoms. The second-order valence-corrected chi connectivity index (χ2v) is 8.83. The highest BCUT2D eigenvalue weighted by Gasteiger charge is 2.34. The van der Waals surface area contributed by atoms with Gasteiger partial charge in [0.15, 0.2) is 0 Å². The van der Waals surface area contributed by atoms with Crippen molar-refractivity contribution >= 4 is 11.6 Å². The molecular formula is C22H33N3O2. The van der Waals surface area contributed by atoms with Gasteiger partial charge in [-0.25, -0.2) is 0 Å². The van der Waals surface area contributed by atoms with Gasteiger partial charge in [-0.05, 0) is 81.1 Å². The van der Waals surface area contributed by atoms with E-state index in [1.165, 1.54) is 18.4 Å². The van der Waals surface area contributed by atoms with E-state index in [0.29, 0.717) is 36.9 Å². The third kappa shape index (κ3) is 5.09. The molecule has 3 aliphatic heterocycles. The lowest BCUT2D eigenvalue weighted by Gasteiger charge is -2.31. The summed E-state index contributed by atoms with van der Waals surface area (Å²) in [7, 11) is 0. The van der Waals surface area contributed by atoms with Gasteiger partial charge >= 0.3 is 0 Å². The van der Waals surface area contributed by atoms with Crippen molar-refractivity contribution in [1.29, 1.82) is 0 Å². The fourth-order valence-electron chi connectivity index (χ4n) is 5.15. The molecule has 5 heteroatoms. The van der Waals surface area contributed by atoms with Crippen LogP contribution in [0.1, 0.15) is 50.5 Å². The Labute approximate surface area is 162 Å². The molecule has 2 unspecified atom stereocenters. The number of aliphatic hydroxyl groups is 1. The summed E-state index contributed by atoms with van der Waals surface area (Å²) in [5, 5.41) is 16.0. The number of carbonyl (C=O) groups excluding carboxylic acids is 1. The molecule has 148 valence electrons. The number of hydrogen-bond acceptors (Lipinski definition) is 4. The van der Waals surface area contributed by atoms with Crippen molar-refractivity contribution in [3.63, 3.8) is 0 Å². The van der Waals surface area contributed by atoms with Crippen LogP contribution in [0.15, 0.2) is 24.3 Å². The predicted molar refractivity (Wildman–Crippen MR) is 107 cm³/mol. The lowest BCUT2D eigenvalue weighted by atomic mass is 9.89. The third-order valence-electron chi connectivity index (χ3n) is 6.63. The van der Waals surface area contributed by atoms with Gasteiger partial charge in [0, 0.05) is 37.3 Å². The van der Waals surface area contributed by atoms with Gasteiger partial charge in [-0.2, -0.15) is 0 Å². The normalized spacial score (nSPS) is 29.0. The van der Waals surface area contributed by atoms with E-state index in [1.54, 1.807) is 0 Å². The minimum Gasteiger partial charge on any atom is -0.396 e. The number of aliphatic hydroxyl groups excluding tert-OH is 1. The van der Waals surface area contributed by atoms with Crippen LogP contribution in [0.5, 0.6) is 0 Å². The molecule has 4 rings (SSSR count). The summed E-state index contributed by atoms with van der Waals surface area (Å²) >= 11 is 0. The molecule has 0 aromatic heterocycles. The van der Waals surface area contributed by atoms with Crippen molar-refractivity contribution < 1.29 is 9.90 Å². The largest absolute Gasteiger partial charge is 0.396 e. The van der Waals surface area contributed by atoms with E-state index in [9.17, 15) is 9.90 Å². The minimum atomic E-state index is 0.155. The van der Waals surface area contributed by atoms with Crippen molar-refractivity contribution in [3.8, 4) is 0 Å². The monoisotopic (exact) mass is 371 g/mol.